The molecule has 0 aliphatic carbocycles. The molecule has 160 valence electrons. The minimum Gasteiger partial charge on any atom is -0.355 e. The van der Waals surface area contributed by atoms with E-state index in [1.165, 1.54) is 6.42 Å². The van der Waals surface area contributed by atoms with Crippen LogP contribution in [0, 0.1) is 17.8 Å². The molecule has 1 N–H and O–H groups in total. The standard InChI is InChI=1S/C22H31Cl2N3O2/c1-15-10-16(2)13-26(12-15)9-7-25-21(28)18-4-3-8-27(14-18)22(29)17-5-6-19(23)20(24)11-17/h5-6,11,15-16,18H,3-4,7-10,12-14H2,1-2H3,(H,25,28). The molecule has 0 aromatic heterocycles. The SMILES string of the molecule is CC1CC(C)CN(CCNC(=O)C2CCCN(C(=O)c3ccc(Cl)c(Cl)c3)C2)C1. The van der Waals surface area contributed by atoms with Crippen molar-refractivity contribution >= 4 is 35.0 Å². The molecule has 0 spiro atoms. The fraction of sp³-hybridized carbons (Fsp3) is 0.636. The average Bonchev–Trinajstić information content (AvgIpc) is 2.69. The van der Waals surface area contributed by atoms with Crippen molar-refractivity contribution < 1.29 is 9.59 Å². The van der Waals surface area contributed by atoms with Crippen molar-refractivity contribution in [3.8, 4) is 0 Å². The van der Waals surface area contributed by atoms with Gasteiger partial charge in [-0.2, -0.15) is 0 Å². The zero-order valence-corrected chi connectivity index (χ0v) is 18.8. The number of piperidine rings is 2. The average molecular weight is 440 g/mol. The second-order valence-corrected chi connectivity index (χ2v) is 9.53. The van der Waals surface area contributed by atoms with Crippen molar-refractivity contribution in [1.29, 1.82) is 0 Å². The molecule has 2 saturated heterocycles. The maximum atomic E-state index is 12.8. The maximum absolute atomic E-state index is 12.8. The van der Waals surface area contributed by atoms with Gasteiger partial charge in [0, 0.05) is 44.8 Å². The molecule has 2 aliphatic rings. The smallest absolute Gasteiger partial charge is 0.253 e. The first-order valence-corrected chi connectivity index (χ1v) is 11.3. The Bertz CT molecular complexity index is 733. The monoisotopic (exact) mass is 439 g/mol. The number of nitrogens with one attached hydrogen (secondary N) is 1. The second kappa shape index (κ2) is 10.1. The van der Waals surface area contributed by atoms with Crippen LogP contribution in [-0.4, -0.2) is 60.9 Å². The van der Waals surface area contributed by atoms with Crippen molar-refractivity contribution in [3.05, 3.63) is 33.8 Å². The van der Waals surface area contributed by atoms with Gasteiger partial charge in [0.05, 0.1) is 16.0 Å². The Morgan fingerprint density at radius 2 is 1.83 bits per heavy atom. The van der Waals surface area contributed by atoms with E-state index >= 15 is 0 Å². The third-order valence-corrected chi connectivity index (χ3v) is 6.66. The number of hydrogen-bond acceptors (Lipinski definition) is 3. The highest BCUT2D eigenvalue weighted by Gasteiger charge is 2.29. The number of likely N-dealkylation sites (tertiary alicyclic amines) is 2. The van der Waals surface area contributed by atoms with Crippen molar-refractivity contribution in [2.24, 2.45) is 17.8 Å². The summed E-state index contributed by atoms with van der Waals surface area (Å²) in [7, 11) is 0. The van der Waals surface area contributed by atoms with E-state index < -0.39 is 0 Å². The summed E-state index contributed by atoms with van der Waals surface area (Å²) in [5.74, 6) is 1.23. The van der Waals surface area contributed by atoms with Crippen LogP contribution in [0.2, 0.25) is 10.0 Å². The summed E-state index contributed by atoms with van der Waals surface area (Å²) in [6.45, 7) is 9.46. The van der Waals surface area contributed by atoms with Gasteiger partial charge in [-0.1, -0.05) is 37.0 Å². The molecular weight excluding hydrogens is 409 g/mol. The zero-order valence-electron chi connectivity index (χ0n) is 17.3. The zero-order chi connectivity index (χ0) is 21.0. The Labute approximate surface area is 183 Å². The number of amides is 2. The molecule has 2 heterocycles. The number of benzene rings is 1. The lowest BCUT2D eigenvalue weighted by molar-refractivity contribution is -0.126. The molecule has 2 aliphatic heterocycles. The molecule has 7 heteroatoms. The number of hydrogen-bond donors (Lipinski definition) is 1. The predicted molar refractivity (Wildman–Crippen MR) is 117 cm³/mol. The van der Waals surface area contributed by atoms with Crippen LogP contribution in [0.15, 0.2) is 18.2 Å². The topological polar surface area (TPSA) is 52.7 Å². The molecule has 29 heavy (non-hydrogen) atoms. The van der Waals surface area contributed by atoms with Crippen LogP contribution in [0.5, 0.6) is 0 Å². The van der Waals surface area contributed by atoms with E-state index in [4.69, 9.17) is 23.2 Å². The molecule has 0 radical (unpaired) electrons. The van der Waals surface area contributed by atoms with Gasteiger partial charge in [-0.25, -0.2) is 0 Å². The third kappa shape index (κ3) is 6.09. The molecule has 0 saturated carbocycles. The van der Waals surface area contributed by atoms with Crippen molar-refractivity contribution in [3.63, 3.8) is 0 Å². The maximum Gasteiger partial charge on any atom is 0.253 e. The summed E-state index contributed by atoms with van der Waals surface area (Å²) >= 11 is 12.0. The number of halogens is 2. The summed E-state index contributed by atoms with van der Waals surface area (Å²) in [5, 5.41) is 3.88. The lowest BCUT2D eigenvalue weighted by Gasteiger charge is -2.35. The van der Waals surface area contributed by atoms with E-state index in [1.807, 2.05) is 0 Å². The number of rotatable bonds is 5. The Hall–Kier alpha value is -1.30. The molecule has 0 bridgehead atoms. The number of carbonyl (C=O) groups is 2. The van der Waals surface area contributed by atoms with Gasteiger partial charge in [0.25, 0.3) is 5.91 Å². The van der Waals surface area contributed by atoms with Crippen LogP contribution in [-0.2, 0) is 4.79 Å². The van der Waals surface area contributed by atoms with Crippen LogP contribution in [0.1, 0.15) is 43.5 Å². The van der Waals surface area contributed by atoms with Crippen molar-refractivity contribution in [1.82, 2.24) is 15.1 Å². The normalized spacial score (nSPS) is 25.7. The minimum atomic E-state index is -0.158. The highest BCUT2D eigenvalue weighted by atomic mass is 35.5. The molecule has 3 atom stereocenters. The molecular formula is C22H31Cl2N3O2. The fourth-order valence-electron chi connectivity index (χ4n) is 4.64. The largest absolute Gasteiger partial charge is 0.355 e. The van der Waals surface area contributed by atoms with E-state index in [9.17, 15) is 9.59 Å². The Kier molecular flexibility index (Phi) is 7.83. The third-order valence-electron chi connectivity index (χ3n) is 5.92. The lowest BCUT2D eigenvalue weighted by Crippen LogP contribution is -2.47. The summed E-state index contributed by atoms with van der Waals surface area (Å²) in [4.78, 5) is 29.7. The molecule has 5 nitrogen and oxygen atoms in total. The summed E-state index contributed by atoms with van der Waals surface area (Å²) in [6.07, 6.45) is 2.93. The van der Waals surface area contributed by atoms with Gasteiger partial charge in [-0.15, -0.1) is 0 Å². The highest BCUT2D eigenvalue weighted by Crippen LogP contribution is 2.25. The van der Waals surface area contributed by atoms with E-state index in [0.29, 0.717) is 47.1 Å². The van der Waals surface area contributed by atoms with Crippen LogP contribution in [0.4, 0.5) is 0 Å². The van der Waals surface area contributed by atoms with E-state index in [2.05, 4.69) is 24.1 Å². The summed E-state index contributed by atoms with van der Waals surface area (Å²) in [5.41, 5.74) is 0.508. The van der Waals surface area contributed by atoms with Crippen molar-refractivity contribution in [2.75, 3.05) is 39.3 Å². The molecule has 2 amide bonds. The van der Waals surface area contributed by atoms with Gasteiger partial charge in [0.2, 0.25) is 5.91 Å². The van der Waals surface area contributed by atoms with Crippen LogP contribution < -0.4 is 5.32 Å². The van der Waals surface area contributed by atoms with Gasteiger partial charge in [-0.3, -0.25) is 9.59 Å². The Balaban J connectivity index is 1.48. The first-order chi connectivity index (χ1) is 13.8. The van der Waals surface area contributed by atoms with Gasteiger partial charge in [0.1, 0.15) is 0 Å². The van der Waals surface area contributed by atoms with Crippen LogP contribution in [0.25, 0.3) is 0 Å². The molecule has 3 rings (SSSR count). The van der Waals surface area contributed by atoms with Crippen LogP contribution in [0.3, 0.4) is 0 Å². The summed E-state index contributed by atoms with van der Waals surface area (Å²) in [6, 6.07) is 4.91. The molecule has 2 fully saturated rings. The van der Waals surface area contributed by atoms with E-state index in [0.717, 1.165) is 32.5 Å². The molecule has 3 unspecified atom stereocenters. The molecule has 1 aromatic rings. The number of carbonyl (C=O) groups excluding carboxylic acids is 2. The Morgan fingerprint density at radius 1 is 1.10 bits per heavy atom. The number of nitrogens with zero attached hydrogens (tertiary/aromatic N) is 2. The lowest BCUT2D eigenvalue weighted by atomic mass is 9.92. The van der Waals surface area contributed by atoms with E-state index in [1.54, 1.807) is 23.1 Å². The van der Waals surface area contributed by atoms with E-state index in [-0.39, 0.29) is 17.7 Å². The predicted octanol–water partition coefficient (Wildman–Crippen LogP) is 3.94. The van der Waals surface area contributed by atoms with Crippen LogP contribution >= 0.6 is 23.2 Å². The van der Waals surface area contributed by atoms with Gasteiger partial charge in [0.15, 0.2) is 0 Å². The fourth-order valence-corrected chi connectivity index (χ4v) is 4.94. The quantitative estimate of drug-likeness (QED) is 0.755. The second-order valence-electron chi connectivity index (χ2n) is 8.72. The minimum absolute atomic E-state index is 0.0507. The first kappa shape index (κ1) is 22.4. The Morgan fingerprint density at radius 3 is 2.52 bits per heavy atom. The van der Waals surface area contributed by atoms with Gasteiger partial charge >= 0.3 is 0 Å². The van der Waals surface area contributed by atoms with Gasteiger partial charge in [-0.05, 0) is 49.3 Å². The van der Waals surface area contributed by atoms with Gasteiger partial charge < -0.3 is 15.1 Å². The first-order valence-electron chi connectivity index (χ1n) is 10.6. The highest BCUT2D eigenvalue weighted by molar-refractivity contribution is 6.42. The summed E-state index contributed by atoms with van der Waals surface area (Å²) < 4.78 is 0. The van der Waals surface area contributed by atoms with Crippen molar-refractivity contribution in [2.45, 2.75) is 33.1 Å². The molecule has 1 aromatic carbocycles.